The maximum absolute atomic E-state index is 13.6. The average Bonchev–Trinajstić information content (AvgIpc) is 2.82. The summed E-state index contributed by atoms with van der Waals surface area (Å²) in [4.78, 5) is 28.7. The fourth-order valence-corrected chi connectivity index (χ4v) is 3.88. The first-order chi connectivity index (χ1) is 17.0. The van der Waals surface area contributed by atoms with E-state index in [2.05, 4.69) is 5.32 Å². The highest BCUT2D eigenvalue weighted by Crippen LogP contribution is 2.21. The highest BCUT2D eigenvalue weighted by Gasteiger charge is 2.32. The van der Waals surface area contributed by atoms with E-state index in [1.54, 1.807) is 12.1 Å². The lowest BCUT2D eigenvalue weighted by atomic mass is 10.0. The largest absolute Gasteiger partial charge is 0.483 e. The summed E-state index contributed by atoms with van der Waals surface area (Å²) in [5, 5.41) is 3.03. The Bertz CT molecular complexity index is 1170. The van der Waals surface area contributed by atoms with Crippen molar-refractivity contribution in [2.75, 3.05) is 6.61 Å². The number of benzene rings is 3. The maximum Gasteiger partial charge on any atom is 0.261 e. The Morgan fingerprint density at radius 3 is 2.25 bits per heavy atom. The molecule has 0 aromatic heterocycles. The minimum absolute atomic E-state index is 0.143. The van der Waals surface area contributed by atoms with Gasteiger partial charge >= 0.3 is 0 Å². The molecular weight excluding hydrogens is 455 g/mol. The summed E-state index contributed by atoms with van der Waals surface area (Å²) in [6, 6.07) is 20.6. The van der Waals surface area contributed by atoms with Gasteiger partial charge in [0.25, 0.3) is 5.91 Å². The van der Waals surface area contributed by atoms with Gasteiger partial charge in [0.1, 0.15) is 17.6 Å². The molecule has 0 aliphatic carbocycles. The minimum Gasteiger partial charge on any atom is -0.483 e. The quantitative estimate of drug-likeness (QED) is 0.438. The van der Waals surface area contributed by atoms with E-state index in [4.69, 9.17) is 4.74 Å². The maximum atomic E-state index is 13.6. The van der Waals surface area contributed by atoms with E-state index < -0.39 is 11.6 Å². The molecule has 0 aliphatic heterocycles. The van der Waals surface area contributed by atoms with Gasteiger partial charge in [-0.3, -0.25) is 9.59 Å². The summed E-state index contributed by atoms with van der Waals surface area (Å²) in [6.45, 7) is 9.51. The second-order valence-electron chi connectivity index (χ2n) is 10.2. The second kappa shape index (κ2) is 11.8. The molecule has 0 aliphatic rings. The molecule has 0 spiro atoms. The molecule has 3 rings (SSSR count). The molecule has 3 aromatic carbocycles. The number of nitrogens with one attached hydrogen (secondary N) is 1. The van der Waals surface area contributed by atoms with E-state index in [9.17, 15) is 14.0 Å². The fourth-order valence-electron chi connectivity index (χ4n) is 3.88. The van der Waals surface area contributed by atoms with Crippen molar-refractivity contribution in [3.05, 3.63) is 101 Å². The van der Waals surface area contributed by atoms with Crippen LogP contribution in [0.3, 0.4) is 0 Å². The van der Waals surface area contributed by atoms with Crippen LogP contribution in [0, 0.1) is 19.7 Å². The van der Waals surface area contributed by atoms with Gasteiger partial charge in [0, 0.05) is 18.5 Å². The lowest BCUT2D eigenvalue weighted by Crippen LogP contribution is -2.55. The van der Waals surface area contributed by atoms with Crippen LogP contribution >= 0.6 is 0 Å². The topological polar surface area (TPSA) is 58.6 Å². The van der Waals surface area contributed by atoms with Crippen molar-refractivity contribution in [1.82, 2.24) is 10.2 Å². The van der Waals surface area contributed by atoms with Gasteiger partial charge in [-0.15, -0.1) is 0 Å². The SMILES string of the molecule is Cc1ccc(C)c(OCC(=O)N(Cc2ccc(F)cc2)[C@@H](Cc2ccccc2)C(=O)NC(C)(C)C)c1. The number of amides is 2. The van der Waals surface area contributed by atoms with E-state index in [0.29, 0.717) is 12.2 Å². The molecule has 0 unspecified atom stereocenters. The van der Waals surface area contributed by atoms with Crippen LogP contribution in [0.4, 0.5) is 4.39 Å². The third-order valence-corrected chi connectivity index (χ3v) is 5.73. The zero-order valence-electron chi connectivity index (χ0n) is 21.7. The van der Waals surface area contributed by atoms with E-state index in [1.807, 2.05) is 83.1 Å². The zero-order chi connectivity index (χ0) is 26.3. The van der Waals surface area contributed by atoms with E-state index in [-0.39, 0.29) is 30.8 Å². The molecule has 0 radical (unpaired) electrons. The third kappa shape index (κ3) is 7.94. The van der Waals surface area contributed by atoms with Crippen LogP contribution in [0.5, 0.6) is 5.75 Å². The smallest absolute Gasteiger partial charge is 0.261 e. The van der Waals surface area contributed by atoms with Gasteiger partial charge in [-0.05, 0) is 75.1 Å². The normalized spacial score (nSPS) is 12.1. The molecule has 0 saturated heterocycles. The van der Waals surface area contributed by atoms with Crippen molar-refractivity contribution in [2.24, 2.45) is 0 Å². The summed E-state index contributed by atoms with van der Waals surface area (Å²) < 4.78 is 19.5. The summed E-state index contributed by atoms with van der Waals surface area (Å²) in [7, 11) is 0. The molecule has 0 saturated carbocycles. The molecule has 2 amide bonds. The molecule has 6 heteroatoms. The van der Waals surface area contributed by atoms with Gasteiger partial charge in [0.2, 0.25) is 5.91 Å². The van der Waals surface area contributed by atoms with E-state index >= 15 is 0 Å². The average molecular weight is 491 g/mol. The van der Waals surface area contributed by atoms with Crippen LogP contribution in [-0.2, 0) is 22.6 Å². The number of nitrogens with zero attached hydrogens (tertiary/aromatic N) is 1. The van der Waals surface area contributed by atoms with Gasteiger partial charge in [-0.25, -0.2) is 4.39 Å². The summed E-state index contributed by atoms with van der Waals surface area (Å²) in [6.07, 6.45) is 0.333. The first kappa shape index (κ1) is 26.9. The Hall–Kier alpha value is -3.67. The van der Waals surface area contributed by atoms with Gasteiger partial charge in [-0.1, -0.05) is 54.6 Å². The van der Waals surface area contributed by atoms with Crippen molar-refractivity contribution >= 4 is 11.8 Å². The van der Waals surface area contributed by atoms with Crippen LogP contribution in [0.2, 0.25) is 0 Å². The van der Waals surface area contributed by atoms with Gasteiger partial charge < -0.3 is 15.0 Å². The number of hydrogen-bond acceptors (Lipinski definition) is 3. The molecule has 0 fully saturated rings. The highest BCUT2D eigenvalue weighted by molar-refractivity contribution is 5.89. The first-order valence-corrected chi connectivity index (χ1v) is 12.1. The molecule has 0 bridgehead atoms. The van der Waals surface area contributed by atoms with Crippen LogP contribution in [0.1, 0.15) is 43.0 Å². The van der Waals surface area contributed by atoms with Crippen molar-refractivity contribution < 1.29 is 18.7 Å². The fraction of sp³-hybridized carbons (Fsp3) is 0.333. The molecule has 0 heterocycles. The standard InChI is InChI=1S/C30H35FN2O3/c1-21-11-12-22(2)27(17-21)36-20-28(34)33(19-24-13-15-25(31)16-14-24)26(29(35)32-30(3,4)5)18-23-9-7-6-8-10-23/h6-17,26H,18-20H2,1-5H3,(H,32,35)/t26-/m0/s1. The Morgan fingerprint density at radius 2 is 1.61 bits per heavy atom. The summed E-state index contributed by atoms with van der Waals surface area (Å²) in [5.74, 6) is -0.316. The predicted octanol–water partition coefficient (Wildman–Crippen LogP) is 5.38. The molecule has 190 valence electrons. The number of aryl methyl sites for hydroxylation is 2. The van der Waals surface area contributed by atoms with E-state index in [1.165, 1.54) is 17.0 Å². The number of carbonyl (C=O) groups is 2. The monoisotopic (exact) mass is 490 g/mol. The molecular formula is C30H35FN2O3. The van der Waals surface area contributed by atoms with Crippen molar-refractivity contribution in [1.29, 1.82) is 0 Å². The van der Waals surface area contributed by atoms with Crippen LogP contribution in [0.25, 0.3) is 0 Å². The Balaban J connectivity index is 1.94. The highest BCUT2D eigenvalue weighted by atomic mass is 19.1. The number of carbonyl (C=O) groups excluding carboxylic acids is 2. The van der Waals surface area contributed by atoms with Crippen molar-refractivity contribution in [2.45, 2.75) is 59.2 Å². The van der Waals surface area contributed by atoms with Gasteiger partial charge in [-0.2, -0.15) is 0 Å². The molecule has 3 aromatic rings. The Morgan fingerprint density at radius 1 is 0.944 bits per heavy atom. The Labute approximate surface area is 213 Å². The second-order valence-corrected chi connectivity index (χ2v) is 10.2. The van der Waals surface area contributed by atoms with Gasteiger partial charge in [0.15, 0.2) is 6.61 Å². The van der Waals surface area contributed by atoms with Crippen LogP contribution in [-0.4, -0.2) is 34.9 Å². The van der Waals surface area contributed by atoms with E-state index in [0.717, 1.165) is 22.3 Å². The van der Waals surface area contributed by atoms with Crippen molar-refractivity contribution in [3.63, 3.8) is 0 Å². The first-order valence-electron chi connectivity index (χ1n) is 12.1. The molecule has 5 nitrogen and oxygen atoms in total. The van der Waals surface area contributed by atoms with Crippen LogP contribution < -0.4 is 10.1 Å². The summed E-state index contributed by atoms with van der Waals surface area (Å²) >= 11 is 0. The number of rotatable bonds is 9. The molecule has 1 N–H and O–H groups in total. The molecule has 1 atom stereocenters. The molecule has 36 heavy (non-hydrogen) atoms. The number of hydrogen-bond donors (Lipinski definition) is 1. The number of ether oxygens (including phenoxy) is 1. The number of halogens is 1. The zero-order valence-corrected chi connectivity index (χ0v) is 21.7. The van der Waals surface area contributed by atoms with Gasteiger partial charge in [0.05, 0.1) is 0 Å². The third-order valence-electron chi connectivity index (χ3n) is 5.73. The predicted molar refractivity (Wildman–Crippen MR) is 140 cm³/mol. The van der Waals surface area contributed by atoms with Crippen molar-refractivity contribution in [3.8, 4) is 5.75 Å². The lowest BCUT2D eigenvalue weighted by molar-refractivity contribution is -0.143. The van der Waals surface area contributed by atoms with Crippen LogP contribution in [0.15, 0.2) is 72.8 Å². The Kier molecular flexibility index (Phi) is 8.86. The summed E-state index contributed by atoms with van der Waals surface area (Å²) in [5.41, 5.74) is 3.12. The minimum atomic E-state index is -0.786. The lowest BCUT2D eigenvalue weighted by Gasteiger charge is -2.33.